The summed E-state index contributed by atoms with van der Waals surface area (Å²) in [5.74, 6) is 0.0598. The van der Waals surface area contributed by atoms with Gasteiger partial charge in [-0.05, 0) is 30.7 Å². The van der Waals surface area contributed by atoms with E-state index in [-0.39, 0.29) is 5.75 Å². The van der Waals surface area contributed by atoms with E-state index in [4.69, 9.17) is 11.6 Å². The summed E-state index contributed by atoms with van der Waals surface area (Å²) in [6, 6.07) is 11.5. The molecule has 0 unspecified atom stereocenters. The van der Waals surface area contributed by atoms with Crippen molar-refractivity contribution in [2.45, 2.75) is 6.92 Å². The highest BCUT2D eigenvalue weighted by atomic mass is 35.5. The summed E-state index contributed by atoms with van der Waals surface area (Å²) in [6.45, 7) is 1.85. The van der Waals surface area contributed by atoms with Gasteiger partial charge in [-0.1, -0.05) is 23.7 Å². The zero-order valence-electron chi connectivity index (χ0n) is 9.80. The summed E-state index contributed by atoms with van der Waals surface area (Å²) in [7, 11) is 0. The molecule has 18 heavy (non-hydrogen) atoms. The summed E-state index contributed by atoms with van der Waals surface area (Å²) in [5.41, 5.74) is 1.97. The molecule has 0 saturated heterocycles. The topological polar surface area (TPSA) is 46.3 Å². The lowest BCUT2D eigenvalue weighted by Gasteiger charge is -2.05. The van der Waals surface area contributed by atoms with Crippen LogP contribution in [-0.4, -0.2) is 16.1 Å². The standard InChI is InChI=1S/C14H12ClNO2/c1-10-11(4-2-7-14(10)15)9-16(18)12-5-3-6-13(17)8-12/h2-9,17H,1H3. The average Bonchev–Trinajstić information content (AvgIpc) is 2.35. The largest absolute Gasteiger partial charge is 0.618 e. The molecule has 4 heteroatoms. The number of halogens is 1. The highest BCUT2D eigenvalue weighted by Crippen LogP contribution is 2.20. The summed E-state index contributed by atoms with van der Waals surface area (Å²) in [4.78, 5) is 0. The summed E-state index contributed by atoms with van der Waals surface area (Å²) in [6.07, 6.45) is 1.44. The maximum atomic E-state index is 11.9. The maximum Gasteiger partial charge on any atom is 0.220 e. The first-order chi connectivity index (χ1) is 8.58. The van der Waals surface area contributed by atoms with E-state index in [1.165, 1.54) is 18.3 Å². The van der Waals surface area contributed by atoms with Crippen molar-refractivity contribution >= 4 is 23.5 Å². The molecule has 0 aliphatic rings. The van der Waals surface area contributed by atoms with E-state index in [9.17, 15) is 10.3 Å². The fraction of sp³-hybridized carbons (Fsp3) is 0.0714. The van der Waals surface area contributed by atoms with E-state index in [1.807, 2.05) is 13.0 Å². The molecule has 2 rings (SSSR count). The van der Waals surface area contributed by atoms with Crippen LogP contribution in [0.3, 0.4) is 0 Å². The highest BCUT2D eigenvalue weighted by Gasteiger charge is 2.06. The van der Waals surface area contributed by atoms with Crippen molar-refractivity contribution in [1.82, 2.24) is 0 Å². The molecule has 0 aromatic heterocycles. The Hall–Kier alpha value is -2.00. The number of aromatic hydroxyl groups is 1. The molecule has 92 valence electrons. The van der Waals surface area contributed by atoms with Crippen molar-refractivity contribution in [3.8, 4) is 5.75 Å². The number of phenols is 1. The lowest BCUT2D eigenvalue weighted by molar-refractivity contribution is -0.354. The fourth-order valence-electron chi connectivity index (χ4n) is 1.59. The second kappa shape index (κ2) is 5.10. The summed E-state index contributed by atoms with van der Waals surface area (Å²) in [5, 5.41) is 21.9. The monoisotopic (exact) mass is 261 g/mol. The van der Waals surface area contributed by atoms with Gasteiger partial charge < -0.3 is 10.3 Å². The lowest BCUT2D eigenvalue weighted by atomic mass is 10.1. The van der Waals surface area contributed by atoms with Gasteiger partial charge in [-0.15, -0.1) is 0 Å². The van der Waals surface area contributed by atoms with Gasteiger partial charge in [-0.3, -0.25) is 0 Å². The molecule has 3 nitrogen and oxygen atoms in total. The van der Waals surface area contributed by atoms with Crippen molar-refractivity contribution in [3.05, 3.63) is 63.8 Å². The molecule has 0 radical (unpaired) electrons. The first kappa shape index (κ1) is 12.5. The molecular weight excluding hydrogens is 250 g/mol. The third-order valence-corrected chi connectivity index (χ3v) is 3.06. The molecule has 0 bridgehead atoms. The minimum Gasteiger partial charge on any atom is -0.618 e. The van der Waals surface area contributed by atoms with E-state index in [1.54, 1.807) is 24.3 Å². The zero-order valence-corrected chi connectivity index (χ0v) is 10.6. The Bertz CT molecular complexity index is 608. The molecule has 0 spiro atoms. The number of hydrogen-bond donors (Lipinski definition) is 1. The molecule has 0 fully saturated rings. The fourth-order valence-corrected chi connectivity index (χ4v) is 1.78. The molecule has 0 heterocycles. The van der Waals surface area contributed by atoms with Gasteiger partial charge in [-0.2, -0.15) is 4.74 Å². The van der Waals surface area contributed by atoms with Crippen LogP contribution in [0.1, 0.15) is 11.1 Å². The molecule has 0 aliphatic carbocycles. The molecule has 2 aromatic carbocycles. The number of phenolic OH excluding ortho intramolecular Hbond substituents is 1. The minimum atomic E-state index is 0.0598. The van der Waals surface area contributed by atoms with E-state index in [0.717, 1.165) is 11.1 Å². The quantitative estimate of drug-likeness (QED) is 0.388. The van der Waals surface area contributed by atoms with Crippen LogP contribution in [0.2, 0.25) is 5.02 Å². The van der Waals surface area contributed by atoms with Crippen LogP contribution in [0.25, 0.3) is 0 Å². The van der Waals surface area contributed by atoms with E-state index in [2.05, 4.69) is 0 Å². The highest BCUT2D eigenvalue weighted by molar-refractivity contribution is 6.31. The van der Waals surface area contributed by atoms with Crippen molar-refractivity contribution in [2.24, 2.45) is 0 Å². The number of benzene rings is 2. The Kier molecular flexibility index (Phi) is 3.53. The van der Waals surface area contributed by atoms with Crippen LogP contribution in [0.15, 0.2) is 42.5 Å². The predicted molar refractivity (Wildman–Crippen MR) is 72.7 cm³/mol. The third-order valence-electron chi connectivity index (χ3n) is 2.65. The van der Waals surface area contributed by atoms with E-state index < -0.39 is 0 Å². The van der Waals surface area contributed by atoms with E-state index in [0.29, 0.717) is 15.4 Å². The normalized spacial score (nSPS) is 11.6. The van der Waals surface area contributed by atoms with Crippen LogP contribution in [0.4, 0.5) is 5.69 Å². The Labute approximate surface area is 110 Å². The van der Waals surface area contributed by atoms with E-state index >= 15 is 0 Å². The smallest absolute Gasteiger partial charge is 0.220 e. The molecule has 1 N–H and O–H groups in total. The Balaban J connectivity index is 2.42. The van der Waals surface area contributed by atoms with Crippen molar-refractivity contribution in [3.63, 3.8) is 0 Å². The van der Waals surface area contributed by atoms with Gasteiger partial charge in [-0.25, -0.2) is 0 Å². The van der Waals surface area contributed by atoms with Gasteiger partial charge in [0.2, 0.25) is 5.69 Å². The molecule has 0 aliphatic heterocycles. The SMILES string of the molecule is Cc1c(Cl)cccc1C=[N+]([O-])c1cccc(O)c1. The number of hydrogen-bond acceptors (Lipinski definition) is 2. The zero-order chi connectivity index (χ0) is 13.1. The Morgan fingerprint density at radius 1 is 1.22 bits per heavy atom. The van der Waals surface area contributed by atoms with Crippen molar-refractivity contribution in [1.29, 1.82) is 0 Å². The molecule has 2 aromatic rings. The molecule has 0 saturated carbocycles. The molecule has 0 atom stereocenters. The van der Waals surface area contributed by atoms with Gasteiger partial charge in [0, 0.05) is 16.7 Å². The van der Waals surface area contributed by atoms with Gasteiger partial charge in [0.25, 0.3) is 0 Å². The van der Waals surface area contributed by atoms with Crippen LogP contribution >= 0.6 is 11.6 Å². The Morgan fingerprint density at radius 3 is 2.67 bits per heavy atom. The van der Waals surface area contributed by atoms with Crippen LogP contribution in [-0.2, 0) is 0 Å². The van der Waals surface area contributed by atoms with Crippen molar-refractivity contribution < 1.29 is 9.85 Å². The van der Waals surface area contributed by atoms with Crippen molar-refractivity contribution in [2.75, 3.05) is 0 Å². The Morgan fingerprint density at radius 2 is 1.94 bits per heavy atom. The maximum absolute atomic E-state index is 11.9. The number of rotatable bonds is 2. The second-order valence-corrected chi connectivity index (χ2v) is 4.34. The van der Waals surface area contributed by atoms with Crippen LogP contribution in [0.5, 0.6) is 5.75 Å². The lowest BCUT2D eigenvalue weighted by Crippen LogP contribution is -2.00. The third kappa shape index (κ3) is 2.63. The van der Waals surface area contributed by atoms with Gasteiger partial charge in [0.05, 0.1) is 6.07 Å². The molecule has 0 amide bonds. The van der Waals surface area contributed by atoms with Gasteiger partial charge in [0.15, 0.2) is 6.21 Å². The summed E-state index contributed by atoms with van der Waals surface area (Å²) >= 11 is 5.99. The number of nitrogens with zero attached hydrogens (tertiary/aromatic N) is 1. The minimum absolute atomic E-state index is 0.0598. The predicted octanol–water partition coefficient (Wildman–Crippen LogP) is 3.61. The van der Waals surface area contributed by atoms with Gasteiger partial charge in [0.1, 0.15) is 5.75 Å². The van der Waals surface area contributed by atoms with Gasteiger partial charge >= 0.3 is 0 Å². The first-order valence-electron chi connectivity index (χ1n) is 5.43. The molecular formula is C14H12ClNO2. The summed E-state index contributed by atoms with van der Waals surface area (Å²) < 4.78 is 0.707. The van der Waals surface area contributed by atoms with Crippen LogP contribution < -0.4 is 0 Å². The first-order valence-corrected chi connectivity index (χ1v) is 5.81. The van der Waals surface area contributed by atoms with Crippen LogP contribution in [0, 0.1) is 12.1 Å². The average molecular weight is 262 g/mol. The second-order valence-electron chi connectivity index (χ2n) is 3.93.